The van der Waals surface area contributed by atoms with Crippen molar-refractivity contribution in [2.75, 3.05) is 25.5 Å². The van der Waals surface area contributed by atoms with Gasteiger partial charge in [0.1, 0.15) is 5.75 Å². The molecule has 4 heteroatoms. The van der Waals surface area contributed by atoms with Crippen LogP contribution in [0.25, 0.3) is 0 Å². The number of hydrogen-bond donors (Lipinski definition) is 0. The van der Waals surface area contributed by atoms with Gasteiger partial charge in [-0.25, -0.2) is 0 Å². The minimum absolute atomic E-state index is 0.789. The van der Waals surface area contributed by atoms with E-state index < -0.39 is 0 Å². The second-order valence-electron chi connectivity index (χ2n) is 4.85. The molecule has 1 atom stereocenters. The van der Waals surface area contributed by atoms with Crippen molar-refractivity contribution in [2.45, 2.75) is 19.4 Å². The lowest BCUT2D eigenvalue weighted by Crippen LogP contribution is -2.35. The quantitative estimate of drug-likeness (QED) is 0.734. The van der Waals surface area contributed by atoms with Gasteiger partial charge in [-0.2, -0.15) is 0 Å². The molecule has 1 aromatic carbocycles. The molecule has 18 heavy (non-hydrogen) atoms. The molecule has 0 radical (unpaired) electrons. The van der Waals surface area contributed by atoms with Crippen LogP contribution in [0.2, 0.25) is 0 Å². The standard InChI is InChI=1S/C14H19Br2NO/c1-18-14-5-4-13(16)7-12(14)10-17-6-2-3-11(8-15)9-17/h4-5,7,11H,2-3,6,8-10H2,1H3. The number of alkyl halides is 1. The summed E-state index contributed by atoms with van der Waals surface area (Å²) in [5.41, 5.74) is 1.27. The van der Waals surface area contributed by atoms with Crippen LogP contribution in [0.3, 0.4) is 0 Å². The largest absolute Gasteiger partial charge is 0.496 e. The second kappa shape index (κ2) is 6.92. The number of piperidine rings is 1. The Hall–Kier alpha value is -0.0600. The Bertz CT molecular complexity index is 397. The van der Waals surface area contributed by atoms with Crippen LogP contribution in [0.15, 0.2) is 22.7 Å². The lowest BCUT2D eigenvalue weighted by atomic mass is 9.99. The fraction of sp³-hybridized carbons (Fsp3) is 0.571. The Morgan fingerprint density at radius 1 is 1.44 bits per heavy atom. The van der Waals surface area contributed by atoms with Gasteiger partial charge in [0.15, 0.2) is 0 Å². The Labute approximate surface area is 126 Å². The summed E-state index contributed by atoms with van der Waals surface area (Å²) >= 11 is 7.14. The molecular weight excluding hydrogens is 358 g/mol. The van der Waals surface area contributed by atoms with Crippen LogP contribution >= 0.6 is 31.9 Å². The average Bonchev–Trinajstić information content (AvgIpc) is 2.39. The van der Waals surface area contributed by atoms with E-state index in [4.69, 9.17) is 4.74 Å². The molecule has 0 aliphatic carbocycles. The fourth-order valence-corrected chi connectivity index (χ4v) is 3.47. The van der Waals surface area contributed by atoms with E-state index in [0.717, 1.165) is 28.0 Å². The van der Waals surface area contributed by atoms with Crippen molar-refractivity contribution in [3.8, 4) is 5.75 Å². The third-order valence-electron chi connectivity index (χ3n) is 3.46. The molecule has 1 fully saturated rings. The molecule has 2 nitrogen and oxygen atoms in total. The lowest BCUT2D eigenvalue weighted by Gasteiger charge is -2.32. The zero-order valence-electron chi connectivity index (χ0n) is 10.7. The minimum atomic E-state index is 0.789. The van der Waals surface area contributed by atoms with E-state index in [0.29, 0.717) is 0 Å². The van der Waals surface area contributed by atoms with Crippen molar-refractivity contribution in [2.24, 2.45) is 5.92 Å². The van der Waals surface area contributed by atoms with Gasteiger partial charge in [-0.1, -0.05) is 31.9 Å². The van der Waals surface area contributed by atoms with Crippen LogP contribution in [0.1, 0.15) is 18.4 Å². The van der Waals surface area contributed by atoms with Crippen molar-refractivity contribution in [1.82, 2.24) is 4.90 Å². The first kappa shape index (κ1) is 14.4. The second-order valence-corrected chi connectivity index (χ2v) is 6.42. The number of nitrogens with zero attached hydrogens (tertiary/aromatic N) is 1. The summed E-state index contributed by atoms with van der Waals surface area (Å²) in [7, 11) is 1.74. The van der Waals surface area contributed by atoms with Crippen LogP contribution < -0.4 is 4.74 Å². The molecule has 1 aliphatic rings. The number of hydrogen-bond acceptors (Lipinski definition) is 2. The van der Waals surface area contributed by atoms with E-state index in [9.17, 15) is 0 Å². The molecule has 0 amide bonds. The lowest BCUT2D eigenvalue weighted by molar-refractivity contribution is 0.177. The molecule has 0 spiro atoms. The molecular formula is C14H19Br2NO. The molecule has 1 saturated heterocycles. The Morgan fingerprint density at radius 3 is 3.00 bits per heavy atom. The van der Waals surface area contributed by atoms with Crippen molar-refractivity contribution >= 4 is 31.9 Å². The molecule has 0 N–H and O–H groups in total. The molecule has 0 bridgehead atoms. The van der Waals surface area contributed by atoms with E-state index in [1.54, 1.807) is 7.11 Å². The Kier molecular flexibility index (Phi) is 5.52. The highest BCUT2D eigenvalue weighted by atomic mass is 79.9. The monoisotopic (exact) mass is 375 g/mol. The maximum atomic E-state index is 5.44. The zero-order chi connectivity index (χ0) is 13.0. The fourth-order valence-electron chi connectivity index (χ4n) is 2.53. The number of likely N-dealkylation sites (tertiary alicyclic amines) is 1. The van der Waals surface area contributed by atoms with Crippen LogP contribution in [0.5, 0.6) is 5.75 Å². The Balaban J connectivity index is 2.06. The van der Waals surface area contributed by atoms with Gasteiger partial charge in [-0.05, 0) is 43.5 Å². The van der Waals surface area contributed by atoms with E-state index in [-0.39, 0.29) is 0 Å². The van der Waals surface area contributed by atoms with Crippen LogP contribution in [0, 0.1) is 5.92 Å². The first-order valence-electron chi connectivity index (χ1n) is 6.33. The van der Waals surface area contributed by atoms with Crippen molar-refractivity contribution in [3.63, 3.8) is 0 Å². The van der Waals surface area contributed by atoms with Gasteiger partial charge in [0.2, 0.25) is 0 Å². The first-order chi connectivity index (χ1) is 8.72. The maximum Gasteiger partial charge on any atom is 0.123 e. The summed E-state index contributed by atoms with van der Waals surface area (Å²) in [6, 6.07) is 6.22. The first-order valence-corrected chi connectivity index (χ1v) is 8.25. The van der Waals surface area contributed by atoms with Crippen LogP contribution in [0.4, 0.5) is 0 Å². The van der Waals surface area contributed by atoms with Gasteiger partial charge in [0.05, 0.1) is 7.11 Å². The summed E-state index contributed by atoms with van der Waals surface area (Å²) in [5, 5.41) is 1.11. The molecule has 1 aliphatic heterocycles. The van der Waals surface area contributed by atoms with Gasteiger partial charge in [-0.3, -0.25) is 4.90 Å². The third kappa shape index (κ3) is 3.72. The highest BCUT2D eigenvalue weighted by molar-refractivity contribution is 9.10. The summed E-state index contributed by atoms with van der Waals surface area (Å²) in [6.07, 6.45) is 2.64. The summed E-state index contributed by atoms with van der Waals surface area (Å²) in [6.45, 7) is 3.35. The van der Waals surface area contributed by atoms with Gasteiger partial charge < -0.3 is 4.74 Å². The van der Waals surface area contributed by atoms with Crippen LogP contribution in [-0.4, -0.2) is 30.4 Å². The van der Waals surface area contributed by atoms with Crippen molar-refractivity contribution < 1.29 is 4.74 Å². The minimum Gasteiger partial charge on any atom is -0.496 e. The number of halogens is 2. The number of benzene rings is 1. The van der Waals surface area contributed by atoms with Gasteiger partial charge in [-0.15, -0.1) is 0 Å². The molecule has 1 heterocycles. The van der Waals surface area contributed by atoms with E-state index in [1.807, 2.05) is 12.1 Å². The van der Waals surface area contributed by atoms with E-state index in [2.05, 4.69) is 42.8 Å². The summed E-state index contributed by atoms with van der Waals surface area (Å²) in [4.78, 5) is 2.53. The molecule has 1 aromatic rings. The molecule has 1 unspecified atom stereocenters. The topological polar surface area (TPSA) is 12.5 Å². The number of methoxy groups -OCH3 is 1. The molecule has 0 saturated carbocycles. The van der Waals surface area contributed by atoms with Gasteiger partial charge in [0, 0.05) is 28.5 Å². The summed E-state index contributed by atoms with van der Waals surface area (Å²) < 4.78 is 6.56. The molecule has 2 rings (SSSR count). The average molecular weight is 377 g/mol. The molecule has 0 aromatic heterocycles. The van der Waals surface area contributed by atoms with E-state index >= 15 is 0 Å². The van der Waals surface area contributed by atoms with Crippen LogP contribution in [-0.2, 0) is 6.54 Å². The third-order valence-corrected chi connectivity index (χ3v) is 4.87. The highest BCUT2D eigenvalue weighted by Gasteiger charge is 2.20. The number of ether oxygens (including phenoxy) is 1. The molecule has 100 valence electrons. The van der Waals surface area contributed by atoms with Gasteiger partial charge in [0.25, 0.3) is 0 Å². The Morgan fingerprint density at radius 2 is 2.28 bits per heavy atom. The van der Waals surface area contributed by atoms with Crippen molar-refractivity contribution in [1.29, 1.82) is 0 Å². The summed E-state index contributed by atoms with van der Waals surface area (Å²) in [5.74, 6) is 1.77. The number of rotatable bonds is 4. The normalized spacial score (nSPS) is 20.9. The maximum absolute atomic E-state index is 5.44. The van der Waals surface area contributed by atoms with Gasteiger partial charge >= 0.3 is 0 Å². The SMILES string of the molecule is COc1ccc(Br)cc1CN1CCCC(CBr)C1. The van der Waals surface area contributed by atoms with E-state index in [1.165, 1.54) is 31.5 Å². The predicted octanol–water partition coefficient (Wildman–Crippen LogP) is 4.06. The smallest absolute Gasteiger partial charge is 0.123 e. The van der Waals surface area contributed by atoms with Crippen molar-refractivity contribution in [3.05, 3.63) is 28.2 Å². The zero-order valence-corrected chi connectivity index (χ0v) is 13.8. The highest BCUT2D eigenvalue weighted by Crippen LogP contribution is 2.26. The predicted molar refractivity (Wildman–Crippen MR) is 82.5 cm³/mol.